The quantitative estimate of drug-likeness (QED) is 0.0837. The number of sulfone groups is 1. The predicted octanol–water partition coefficient (Wildman–Crippen LogP) is 3.61. The van der Waals surface area contributed by atoms with Gasteiger partial charge in [-0.3, -0.25) is 15.0 Å². The van der Waals surface area contributed by atoms with Crippen LogP contribution in [0.4, 0.5) is 11.4 Å². The minimum absolute atomic E-state index is 0.0160. The fourth-order valence-electron chi connectivity index (χ4n) is 3.75. The molecule has 0 saturated heterocycles. The molecule has 15 heteroatoms. The summed E-state index contributed by atoms with van der Waals surface area (Å²) in [7, 11) is -4.02. The molecule has 0 saturated carbocycles. The highest BCUT2D eigenvalue weighted by Crippen LogP contribution is 2.40. The van der Waals surface area contributed by atoms with Crippen LogP contribution in [0.1, 0.15) is 17.4 Å². The number of thioether (sulfide) groups is 2. The number of nitrogens with two attached hydrogens (primary N) is 3. The zero-order valence-electron chi connectivity index (χ0n) is 21.9. The fraction of sp³-hybridized carbons (Fsp3) is 0.200. The van der Waals surface area contributed by atoms with Crippen LogP contribution in [-0.4, -0.2) is 54.5 Å². The highest BCUT2D eigenvalue weighted by Gasteiger charge is 2.41. The average molecular weight is 621 g/mol. The molecule has 1 aromatic heterocycles. The first-order valence-corrected chi connectivity index (χ1v) is 16.1. The minimum Gasteiger partial charge on any atom is -0.480 e. The number of rotatable bonds is 10. The summed E-state index contributed by atoms with van der Waals surface area (Å²) in [6.45, 7) is 3.01. The second kappa shape index (κ2) is 11.9. The molecular formula is C25H28N6O5S4. The predicted molar refractivity (Wildman–Crippen MR) is 163 cm³/mol. The monoisotopic (exact) mass is 620 g/mol. The number of hydrogen-bond acceptors (Lipinski definition) is 9. The minimum atomic E-state index is -4.02. The zero-order valence-corrected chi connectivity index (χ0v) is 25.2. The molecule has 212 valence electrons. The molecule has 0 fully saturated rings. The molecule has 1 unspecified atom stereocenters. The molecule has 40 heavy (non-hydrogen) atoms. The number of aliphatic carboxylic acids is 1. The van der Waals surface area contributed by atoms with Gasteiger partial charge in [-0.05, 0) is 67.8 Å². The number of aliphatic imine (C=N–C) groups is 1. The summed E-state index contributed by atoms with van der Waals surface area (Å²) in [5, 5.41) is 20.1. The maximum absolute atomic E-state index is 13.7. The second-order valence-corrected chi connectivity index (χ2v) is 13.9. The number of anilines is 1. The highest BCUT2D eigenvalue weighted by atomic mass is 32.2. The normalized spacial score (nSPS) is 12.8. The molecule has 2 aromatic carbocycles. The molecule has 11 nitrogen and oxygen atoms in total. The molecule has 3 aromatic rings. The van der Waals surface area contributed by atoms with Gasteiger partial charge in [-0.2, -0.15) is 0 Å². The number of carboxylic acids is 1. The largest absolute Gasteiger partial charge is 0.480 e. The number of nitrogens with one attached hydrogen (secondary N) is 2. The third-order valence-electron chi connectivity index (χ3n) is 5.92. The van der Waals surface area contributed by atoms with Gasteiger partial charge in [0.1, 0.15) is 5.84 Å². The summed E-state index contributed by atoms with van der Waals surface area (Å²) >= 11 is 3.21. The molecule has 1 atom stereocenters. The zero-order chi connectivity index (χ0) is 30.0. The maximum Gasteiger partial charge on any atom is 0.329 e. The van der Waals surface area contributed by atoms with E-state index >= 15 is 0 Å². The van der Waals surface area contributed by atoms with E-state index < -0.39 is 26.5 Å². The lowest BCUT2D eigenvalue weighted by atomic mass is 9.97. The van der Waals surface area contributed by atoms with Gasteiger partial charge in [0.2, 0.25) is 9.84 Å². The van der Waals surface area contributed by atoms with Gasteiger partial charge in [-0.1, -0.05) is 12.1 Å². The first kappa shape index (κ1) is 31.0. The van der Waals surface area contributed by atoms with Gasteiger partial charge in [0.25, 0.3) is 5.91 Å². The number of nitrogens with zero attached hydrogens (tertiary/aromatic N) is 1. The lowest BCUT2D eigenvalue weighted by Gasteiger charge is -2.23. The van der Waals surface area contributed by atoms with E-state index in [2.05, 4.69) is 10.3 Å². The molecule has 0 aliphatic heterocycles. The Labute approximate surface area is 244 Å². The third-order valence-corrected chi connectivity index (χ3v) is 11.4. The van der Waals surface area contributed by atoms with Crippen molar-refractivity contribution in [3.63, 3.8) is 0 Å². The number of carbonyl (C=O) groups excluding carboxylic acids is 1. The van der Waals surface area contributed by atoms with Crippen molar-refractivity contribution in [2.75, 3.05) is 17.8 Å². The Kier molecular flexibility index (Phi) is 9.24. The molecular weight excluding hydrogens is 593 g/mol. The summed E-state index contributed by atoms with van der Waals surface area (Å²) in [5.74, 6) is -2.57. The number of thiophene rings is 1. The molecule has 0 radical (unpaired) electrons. The second-order valence-electron chi connectivity index (χ2n) is 8.63. The number of carboxylic acid groups (broad SMARTS) is 1. The van der Waals surface area contributed by atoms with Crippen LogP contribution in [0.2, 0.25) is 0 Å². The number of guanidine groups is 1. The Morgan fingerprint density at radius 2 is 1.80 bits per heavy atom. The van der Waals surface area contributed by atoms with E-state index in [-0.39, 0.29) is 27.3 Å². The van der Waals surface area contributed by atoms with Crippen molar-refractivity contribution in [2.45, 2.75) is 32.6 Å². The van der Waals surface area contributed by atoms with E-state index in [1.54, 1.807) is 31.4 Å². The van der Waals surface area contributed by atoms with Crippen LogP contribution in [-0.2, 0) is 19.4 Å². The fourth-order valence-corrected chi connectivity index (χ4v) is 8.06. The van der Waals surface area contributed by atoms with Crippen molar-refractivity contribution in [3.05, 3.63) is 52.9 Å². The Morgan fingerprint density at radius 1 is 1.12 bits per heavy atom. The average Bonchev–Trinajstić information content (AvgIpc) is 3.33. The number of benzene rings is 2. The van der Waals surface area contributed by atoms with Crippen molar-refractivity contribution in [2.24, 2.45) is 22.2 Å². The number of amides is 1. The summed E-state index contributed by atoms with van der Waals surface area (Å²) in [6, 6.07) is 10.7. The third kappa shape index (κ3) is 6.11. The number of nitrogen functional groups attached to an aromatic ring is 1. The maximum atomic E-state index is 13.7. The van der Waals surface area contributed by atoms with E-state index in [1.807, 2.05) is 0 Å². The summed E-state index contributed by atoms with van der Waals surface area (Å²) in [6.07, 6.45) is 3.25. The molecule has 0 spiro atoms. The topological polar surface area (TPSA) is 215 Å². The van der Waals surface area contributed by atoms with Crippen LogP contribution in [0, 0.1) is 12.3 Å². The molecule has 0 aliphatic rings. The SMILES string of the molecule is CSc1sc(C(=N)N)cc1S(=O)(=O)c1cccc(-c2c(C)cc(N=C(N)N)cc2NC(=O)C(C)(SC)C(=O)O)c1. The molecule has 0 bridgehead atoms. The number of hydrogen-bond donors (Lipinski definition) is 6. The van der Waals surface area contributed by atoms with Crippen LogP contribution >= 0.6 is 34.9 Å². The van der Waals surface area contributed by atoms with Gasteiger partial charge in [0.05, 0.1) is 30.3 Å². The van der Waals surface area contributed by atoms with E-state index in [9.17, 15) is 23.1 Å². The van der Waals surface area contributed by atoms with Gasteiger partial charge >= 0.3 is 5.97 Å². The van der Waals surface area contributed by atoms with Crippen molar-refractivity contribution in [1.29, 1.82) is 5.41 Å². The van der Waals surface area contributed by atoms with Gasteiger partial charge in [0, 0.05) is 5.56 Å². The van der Waals surface area contributed by atoms with Crippen molar-refractivity contribution in [1.82, 2.24) is 0 Å². The van der Waals surface area contributed by atoms with Crippen molar-refractivity contribution >= 4 is 79.7 Å². The summed E-state index contributed by atoms with van der Waals surface area (Å²) in [5.41, 5.74) is 18.7. The molecule has 1 amide bonds. The lowest BCUT2D eigenvalue weighted by Crippen LogP contribution is -2.44. The smallest absolute Gasteiger partial charge is 0.329 e. The standard InChI is InChI=1S/C25H28N6O5S4/c1-12-8-14(30-24(28)29)10-16(31-22(32)25(2,38-4)23(33)34)19(12)13-6-5-7-15(9-13)40(35,36)18-11-17(20(26)27)39-21(18)37-3/h5-11H,1-4H3,(H3,26,27)(H,31,32)(H,33,34)(H4,28,29,30). The molecule has 9 N–H and O–H groups in total. The lowest BCUT2D eigenvalue weighted by molar-refractivity contribution is -0.142. The van der Waals surface area contributed by atoms with Crippen LogP contribution < -0.4 is 22.5 Å². The first-order valence-electron chi connectivity index (χ1n) is 11.4. The number of carbonyl (C=O) groups is 2. The van der Waals surface area contributed by atoms with Crippen molar-refractivity contribution in [3.8, 4) is 11.1 Å². The van der Waals surface area contributed by atoms with Gasteiger partial charge in [0.15, 0.2) is 10.7 Å². The van der Waals surface area contributed by atoms with Crippen LogP contribution in [0.3, 0.4) is 0 Å². The van der Waals surface area contributed by atoms with Gasteiger partial charge in [-0.15, -0.1) is 34.9 Å². The van der Waals surface area contributed by atoms with E-state index in [1.165, 1.54) is 49.2 Å². The number of aryl methyl sites for hydroxylation is 1. The molecule has 3 rings (SSSR count). The van der Waals surface area contributed by atoms with Crippen molar-refractivity contribution < 1.29 is 23.1 Å². The van der Waals surface area contributed by atoms with Gasteiger partial charge in [-0.25, -0.2) is 13.4 Å². The Morgan fingerprint density at radius 3 is 2.35 bits per heavy atom. The van der Waals surface area contributed by atoms with Gasteiger partial charge < -0.3 is 27.6 Å². The molecule has 1 heterocycles. The van der Waals surface area contributed by atoms with E-state index in [4.69, 9.17) is 22.6 Å². The van der Waals surface area contributed by atoms with Crippen LogP contribution in [0.25, 0.3) is 11.1 Å². The first-order chi connectivity index (χ1) is 18.6. The number of amidine groups is 1. The Bertz CT molecular complexity index is 1650. The van der Waals surface area contributed by atoms with E-state index in [0.717, 1.165) is 23.1 Å². The molecule has 0 aliphatic carbocycles. The summed E-state index contributed by atoms with van der Waals surface area (Å²) < 4.78 is 26.1. The Balaban J connectivity index is 2.22. The van der Waals surface area contributed by atoms with E-state index in [0.29, 0.717) is 31.5 Å². The van der Waals surface area contributed by atoms with Crippen LogP contribution in [0.15, 0.2) is 61.5 Å². The highest BCUT2D eigenvalue weighted by molar-refractivity contribution is 8.01. The van der Waals surface area contributed by atoms with Crippen LogP contribution in [0.5, 0.6) is 0 Å². The Hall–Kier alpha value is -3.53. The summed E-state index contributed by atoms with van der Waals surface area (Å²) in [4.78, 5) is 29.4.